The van der Waals surface area contributed by atoms with Crippen molar-refractivity contribution in [3.8, 4) is 5.75 Å². The van der Waals surface area contributed by atoms with Gasteiger partial charge in [-0.2, -0.15) is 0 Å². The fourth-order valence-corrected chi connectivity index (χ4v) is 6.83. The summed E-state index contributed by atoms with van der Waals surface area (Å²) in [5, 5.41) is 3.40. The summed E-state index contributed by atoms with van der Waals surface area (Å²) in [6, 6.07) is 27.1. The molecular weight excluding hydrogens is 634 g/mol. The molecule has 10 heteroatoms. The fourth-order valence-electron chi connectivity index (χ4n) is 5.19. The third-order valence-electron chi connectivity index (χ3n) is 7.65. The number of benzene rings is 4. The van der Waals surface area contributed by atoms with Crippen LogP contribution in [0.2, 0.25) is 5.02 Å². The Balaban J connectivity index is 1.86. The van der Waals surface area contributed by atoms with E-state index < -0.39 is 34.1 Å². The van der Waals surface area contributed by atoms with Crippen molar-refractivity contribution >= 4 is 39.1 Å². The molecule has 0 saturated heterocycles. The van der Waals surface area contributed by atoms with Crippen molar-refractivity contribution in [1.29, 1.82) is 0 Å². The number of amides is 2. The summed E-state index contributed by atoms with van der Waals surface area (Å²) in [5.41, 5.74) is 2.64. The van der Waals surface area contributed by atoms with Gasteiger partial charge in [0.1, 0.15) is 18.3 Å². The van der Waals surface area contributed by atoms with Crippen LogP contribution in [0.1, 0.15) is 43.0 Å². The summed E-state index contributed by atoms with van der Waals surface area (Å²) in [4.78, 5) is 30.2. The lowest BCUT2D eigenvalue weighted by Gasteiger charge is -2.35. The van der Waals surface area contributed by atoms with Gasteiger partial charge < -0.3 is 15.0 Å². The summed E-state index contributed by atoms with van der Waals surface area (Å²) in [6.45, 7) is 8.64. The molecule has 0 aromatic heterocycles. The number of carbonyl (C=O) groups is 2. The van der Waals surface area contributed by atoms with Crippen LogP contribution >= 0.6 is 11.6 Å². The second-order valence-electron chi connectivity index (χ2n) is 12.5. The molecule has 4 aromatic carbocycles. The number of sulfonamides is 1. The SMILES string of the molecule is COc1cccc(CN(C(=O)CN(c2cccc(Cl)c2C)S(=O)(=O)c2ccc(C)cc2)[C@H](Cc2ccccc2)C(=O)NC(C)(C)C)c1. The molecule has 248 valence electrons. The number of hydrogen-bond donors (Lipinski definition) is 1. The highest BCUT2D eigenvalue weighted by Crippen LogP contribution is 2.31. The summed E-state index contributed by atoms with van der Waals surface area (Å²) in [6.07, 6.45) is 0.208. The smallest absolute Gasteiger partial charge is 0.264 e. The van der Waals surface area contributed by atoms with Gasteiger partial charge in [0.2, 0.25) is 11.8 Å². The predicted octanol–water partition coefficient (Wildman–Crippen LogP) is 6.72. The average Bonchev–Trinajstić information content (AvgIpc) is 3.03. The first-order valence-corrected chi connectivity index (χ1v) is 17.1. The number of nitrogens with zero attached hydrogens (tertiary/aromatic N) is 2. The largest absolute Gasteiger partial charge is 0.497 e. The Morgan fingerprint density at radius 2 is 1.51 bits per heavy atom. The maximum absolute atomic E-state index is 14.7. The maximum Gasteiger partial charge on any atom is 0.264 e. The van der Waals surface area contributed by atoms with E-state index in [9.17, 15) is 18.0 Å². The van der Waals surface area contributed by atoms with E-state index in [1.807, 2.05) is 70.2 Å². The number of nitrogens with one attached hydrogen (secondary N) is 1. The van der Waals surface area contributed by atoms with Gasteiger partial charge in [0.15, 0.2) is 0 Å². The van der Waals surface area contributed by atoms with E-state index >= 15 is 0 Å². The van der Waals surface area contributed by atoms with Crippen molar-refractivity contribution in [3.05, 3.63) is 124 Å². The number of anilines is 1. The molecule has 0 spiro atoms. The van der Waals surface area contributed by atoms with Crippen molar-refractivity contribution in [2.75, 3.05) is 18.0 Å². The van der Waals surface area contributed by atoms with Crippen LogP contribution < -0.4 is 14.4 Å². The van der Waals surface area contributed by atoms with Crippen LogP contribution in [0.4, 0.5) is 5.69 Å². The number of ether oxygens (including phenoxy) is 1. The van der Waals surface area contributed by atoms with E-state index in [0.717, 1.165) is 15.4 Å². The summed E-state index contributed by atoms with van der Waals surface area (Å²) < 4.78 is 35.1. The Hall–Kier alpha value is -4.34. The summed E-state index contributed by atoms with van der Waals surface area (Å²) in [7, 11) is -2.70. The van der Waals surface area contributed by atoms with Crippen molar-refractivity contribution < 1.29 is 22.7 Å². The molecule has 0 aliphatic carbocycles. The van der Waals surface area contributed by atoms with Crippen molar-refractivity contribution in [1.82, 2.24) is 10.2 Å². The van der Waals surface area contributed by atoms with Gasteiger partial charge in [-0.1, -0.05) is 77.8 Å². The quantitative estimate of drug-likeness (QED) is 0.180. The molecule has 8 nitrogen and oxygen atoms in total. The van der Waals surface area contributed by atoms with Crippen LogP contribution in [-0.4, -0.2) is 50.4 Å². The molecule has 2 amide bonds. The topological polar surface area (TPSA) is 96.0 Å². The van der Waals surface area contributed by atoms with Crippen LogP contribution in [0.25, 0.3) is 0 Å². The molecule has 47 heavy (non-hydrogen) atoms. The summed E-state index contributed by atoms with van der Waals surface area (Å²) >= 11 is 6.47. The van der Waals surface area contributed by atoms with E-state index in [-0.39, 0.29) is 29.5 Å². The second kappa shape index (κ2) is 15.0. The van der Waals surface area contributed by atoms with Crippen LogP contribution in [0.15, 0.2) is 102 Å². The molecular formula is C37H42ClN3O5S. The van der Waals surface area contributed by atoms with Crippen molar-refractivity contribution in [2.24, 2.45) is 0 Å². The monoisotopic (exact) mass is 675 g/mol. The first-order chi connectivity index (χ1) is 22.2. The van der Waals surface area contributed by atoms with Gasteiger partial charge in [-0.25, -0.2) is 8.42 Å². The minimum Gasteiger partial charge on any atom is -0.497 e. The highest BCUT2D eigenvalue weighted by molar-refractivity contribution is 7.92. The number of halogens is 1. The van der Waals surface area contributed by atoms with Crippen LogP contribution in [0.5, 0.6) is 5.75 Å². The zero-order chi connectivity index (χ0) is 34.4. The zero-order valence-electron chi connectivity index (χ0n) is 27.7. The first kappa shape index (κ1) is 35.5. The van der Waals surface area contributed by atoms with Crippen molar-refractivity contribution in [3.63, 3.8) is 0 Å². The van der Waals surface area contributed by atoms with Gasteiger partial charge in [-0.05, 0) is 87.7 Å². The molecule has 0 unspecified atom stereocenters. The Kier molecular flexibility index (Phi) is 11.4. The van der Waals surface area contributed by atoms with Gasteiger partial charge in [0, 0.05) is 23.5 Å². The summed E-state index contributed by atoms with van der Waals surface area (Å²) in [5.74, 6) is -0.330. The van der Waals surface area contributed by atoms with E-state index in [1.54, 1.807) is 56.5 Å². The molecule has 0 aliphatic rings. The molecule has 0 saturated carbocycles. The van der Waals surface area contributed by atoms with Gasteiger partial charge in [0.05, 0.1) is 17.7 Å². The van der Waals surface area contributed by atoms with Gasteiger partial charge in [-0.3, -0.25) is 13.9 Å². The number of aryl methyl sites for hydroxylation is 1. The molecule has 0 heterocycles. The van der Waals surface area contributed by atoms with Crippen LogP contribution in [0.3, 0.4) is 0 Å². The maximum atomic E-state index is 14.7. The van der Waals surface area contributed by atoms with E-state index in [4.69, 9.17) is 16.3 Å². The molecule has 0 aliphatic heterocycles. The number of rotatable bonds is 12. The van der Waals surface area contributed by atoms with Crippen LogP contribution in [0, 0.1) is 13.8 Å². The van der Waals surface area contributed by atoms with E-state index in [2.05, 4.69) is 5.32 Å². The third kappa shape index (κ3) is 9.14. The molecule has 4 aromatic rings. The Morgan fingerprint density at radius 3 is 2.15 bits per heavy atom. The highest BCUT2D eigenvalue weighted by Gasteiger charge is 2.36. The fraction of sp³-hybridized carbons (Fsp3) is 0.297. The average molecular weight is 676 g/mol. The zero-order valence-corrected chi connectivity index (χ0v) is 29.2. The molecule has 1 atom stereocenters. The van der Waals surface area contributed by atoms with Crippen LogP contribution in [-0.2, 0) is 32.6 Å². The molecule has 0 bridgehead atoms. The number of carbonyl (C=O) groups excluding carboxylic acids is 2. The minimum atomic E-state index is -4.25. The standard InChI is InChI=1S/C37H42ClN3O5S/c1-26-18-20-31(21-19-26)47(44,45)41(33-17-11-16-32(38)27(33)2)25-35(42)40(24-29-14-10-15-30(22-29)46-6)34(36(43)39-37(3,4)5)23-28-12-8-7-9-13-28/h7-22,34H,23-25H2,1-6H3,(H,39,43)/t34-/m1/s1. The number of hydrogen-bond acceptors (Lipinski definition) is 5. The highest BCUT2D eigenvalue weighted by atomic mass is 35.5. The lowest BCUT2D eigenvalue weighted by Crippen LogP contribution is -2.56. The Morgan fingerprint density at radius 1 is 0.872 bits per heavy atom. The lowest BCUT2D eigenvalue weighted by molar-refractivity contribution is -0.140. The molecule has 0 radical (unpaired) electrons. The van der Waals surface area contributed by atoms with Gasteiger partial charge >= 0.3 is 0 Å². The van der Waals surface area contributed by atoms with E-state index in [1.165, 1.54) is 17.0 Å². The van der Waals surface area contributed by atoms with Crippen molar-refractivity contribution in [2.45, 2.75) is 64.1 Å². The van der Waals surface area contributed by atoms with Gasteiger partial charge in [-0.15, -0.1) is 0 Å². The first-order valence-electron chi connectivity index (χ1n) is 15.3. The normalized spacial score (nSPS) is 12.2. The molecule has 4 rings (SSSR count). The Labute approximate surface area is 283 Å². The lowest BCUT2D eigenvalue weighted by atomic mass is 10.0. The van der Waals surface area contributed by atoms with E-state index in [0.29, 0.717) is 21.9 Å². The van der Waals surface area contributed by atoms with Gasteiger partial charge in [0.25, 0.3) is 10.0 Å². The second-order valence-corrected chi connectivity index (χ2v) is 14.8. The molecule has 1 N–H and O–H groups in total. The minimum absolute atomic E-state index is 0.0258. The molecule has 0 fully saturated rings. The Bertz CT molecular complexity index is 1810. The third-order valence-corrected chi connectivity index (χ3v) is 9.84. The predicted molar refractivity (Wildman–Crippen MR) is 187 cm³/mol. The number of methoxy groups -OCH3 is 1.